The number of amides is 1. The first kappa shape index (κ1) is 12.3. The minimum Gasteiger partial charge on any atom is -0.480 e. The largest absolute Gasteiger partial charge is 0.480 e. The number of H-pyrrole nitrogens is 1. The van der Waals surface area contributed by atoms with Crippen molar-refractivity contribution in [2.45, 2.75) is 12.5 Å². The molecule has 1 amide bonds. The molecule has 1 aromatic heterocycles. The van der Waals surface area contributed by atoms with Crippen LogP contribution in [0.2, 0.25) is 0 Å². The number of carboxylic acid groups (broad SMARTS) is 1. The van der Waals surface area contributed by atoms with E-state index in [1.54, 1.807) is 6.20 Å². The number of aliphatic carboxylic acids is 1. The third-order valence-corrected chi connectivity index (χ3v) is 2.29. The van der Waals surface area contributed by atoms with Gasteiger partial charge in [-0.2, -0.15) is 0 Å². The Morgan fingerprint density at radius 2 is 2.31 bits per heavy atom. The first-order valence-corrected chi connectivity index (χ1v) is 4.88. The number of carboxylic acids is 1. The summed E-state index contributed by atoms with van der Waals surface area (Å²) in [5.41, 5.74) is 6.20. The predicted octanol–water partition coefficient (Wildman–Crippen LogP) is -0.572. The highest BCUT2D eigenvalue weighted by Gasteiger charge is 2.24. The number of likely N-dealkylation sites (N-methyl/N-ethyl adjacent to an activating group) is 1. The van der Waals surface area contributed by atoms with E-state index in [2.05, 4.69) is 4.98 Å². The Kier molecular flexibility index (Phi) is 4.07. The second-order valence-corrected chi connectivity index (χ2v) is 3.52. The molecule has 1 aromatic rings. The lowest BCUT2D eigenvalue weighted by atomic mass is 10.2. The van der Waals surface area contributed by atoms with Gasteiger partial charge >= 0.3 is 5.97 Å². The maximum atomic E-state index is 11.5. The molecular formula is C10H15N3O3. The van der Waals surface area contributed by atoms with Gasteiger partial charge in [-0.3, -0.25) is 4.79 Å². The summed E-state index contributed by atoms with van der Waals surface area (Å²) < 4.78 is 0. The van der Waals surface area contributed by atoms with Gasteiger partial charge in [-0.05, 0) is 12.1 Å². The fraction of sp³-hybridized carbons (Fsp3) is 0.400. The summed E-state index contributed by atoms with van der Waals surface area (Å²) in [5.74, 6) is -1.89. The number of hydrogen-bond acceptors (Lipinski definition) is 3. The molecule has 16 heavy (non-hydrogen) atoms. The van der Waals surface area contributed by atoms with Gasteiger partial charge in [0.2, 0.25) is 0 Å². The van der Waals surface area contributed by atoms with E-state index in [0.29, 0.717) is 13.0 Å². The first-order valence-electron chi connectivity index (χ1n) is 4.88. The van der Waals surface area contributed by atoms with Crippen LogP contribution in [0.3, 0.4) is 0 Å². The smallest absolute Gasteiger partial charge is 0.330 e. The second-order valence-electron chi connectivity index (χ2n) is 3.52. The van der Waals surface area contributed by atoms with E-state index < -0.39 is 17.9 Å². The molecule has 0 radical (unpaired) electrons. The highest BCUT2D eigenvalue weighted by molar-refractivity contribution is 6.00. The molecule has 0 fully saturated rings. The third-order valence-electron chi connectivity index (χ3n) is 2.29. The van der Waals surface area contributed by atoms with Crippen LogP contribution in [0, 0.1) is 0 Å². The van der Waals surface area contributed by atoms with Crippen molar-refractivity contribution in [1.82, 2.24) is 9.88 Å². The number of nitrogens with two attached hydrogens (primary N) is 1. The Morgan fingerprint density at radius 3 is 2.81 bits per heavy atom. The molecular weight excluding hydrogens is 210 g/mol. The lowest BCUT2D eigenvalue weighted by molar-refractivity contribution is -0.145. The SMILES string of the molecule is CN(CCc1ccc[nH]1)C(=O)C(N)C(=O)O. The van der Waals surface area contributed by atoms with Crippen molar-refractivity contribution in [3.8, 4) is 0 Å². The predicted molar refractivity (Wildman–Crippen MR) is 57.7 cm³/mol. The molecule has 0 saturated heterocycles. The van der Waals surface area contributed by atoms with E-state index in [1.165, 1.54) is 11.9 Å². The molecule has 6 heteroatoms. The van der Waals surface area contributed by atoms with Gasteiger partial charge in [0.05, 0.1) is 0 Å². The van der Waals surface area contributed by atoms with Crippen LogP contribution in [0.4, 0.5) is 0 Å². The van der Waals surface area contributed by atoms with Gasteiger partial charge in [-0.1, -0.05) is 0 Å². The average Bonchev–Trinajstić information content (AvgIpc) is 2.76. The van der Waals surface area contributed by atoms with Gasteiger partial charge < -0.3 is 20.7 Å². The van der Waals surface area contributed by atoms with E-state index >= 15 is 0 Å². The summed E-state index contributed by atoms with van der Waals surface area (Å²) in [5, 5.41) is 8.57. The van der Waals surface area contributed by atoms with Crippen molar-refractivity contribution < 1.29 is 14.7 Å². The monoisotopic (exact) mass is 225 g/mol. The van der Waals surface area contributed by atoms with Crippen molar-refractivity contribution in [1.29, 1.82) is 0 Å². The Hall–Kier alpha value is -1.82. The highest BCUT2D eigenvalue weighted by atomic mass is 16.4. The van der Waals surface area contributed by atoms with Crippen LogP contribution in [-0.4, -0.2) is 46.5 Å². The van der Waals surface area contributed by atoms with Gasteiger partial charge in [0.25, 0.3) is 5.91 Å². The Bertz CT molecular complexity index is 361. The standard InChI is InChI=1S/C10H15N3O3/c1-13(9(14)8(11)10(15)16)6-4-7-3-2-5-12-7/h2-3,5,8,12H,4,6,11H2,1H3,(H,15,16). The van der Waals surface area contributed by atoms with Crippen LogP contribution in [0.15, 0.2) is 18.3 Å². The zero-order valence-electron chi connectivity index (χ0n) is 9.01. The van der Waals surface area contributed by atoms with Gasteiger partial charge in [0.15, 0.2) is 6.04 Å². The number of carbonyl (C=O) groups excluding carboxylic acids is 1. The fourth-order valence-corrected chi connectivity index (χ4v) is 1.26. The quantitative estimate of drug-likeness (QED) is 0.584. The normalized spacial score (nSPS) is 12.1. The number of rotatable bonds is 5. The summed E-state index contributed by atoms with van der Waals surface area (Å²) in [6.07, 6.45) is 2.43. The molecule has 6 nitrogen and oxygen atoms in total. The number of carbonyl (C=O) groups is 2. The van der Waals surface area contributed by atoms with E-state index in [0.717, 1.165) is 5.69 Å². The van der Waals surface area contributed by atoms with Gasteiger partial charge in [-0.25, -0.2) is 4.79 Å². The van der Waals surface area contributed by atoms with E-state index in [-0.39, 0.29) is 0 Å². The summed E-state index contributed by atoms with van der Waals surface area (Å²) in [4.78, 5) is 26.3. The molecule has 4 N–H and O–H groups in total. The van der Waals surface area contributed by atoms with Crippen LogP contribution in [0.25, 0.3) is 0 Å². The second kappa shape index (κ2) is 5.32. The van der Waals surface area contributed by atoms with Crippen LogP contribution < -0.4 is 5.73 Å². The van der Waals surface area contributed by atoms with Crippen LogP contribution in [0.5, 0.6) is 0 Å². The van der Waals surface area contributed by atoms with Crippen molar-refractivity contribution in [2.24, 2.45) is 5.73 Å². The molecule has 0 aromatic carbocycles. The number of hydrogen-bond donors (Lipinski definition) is 3. The van der Waals surface area contributed by atoms with Crippen LogP contribution >= 0.6 is 0 Å². The Morgan fingerprint density at radius 1 is 1.62 bits per heavy atom. The van der Waals surface area contributed by atoms with Crippen LogP contribution in [-0.2, 0) is 16.0 Å². The average molecular weight is 225 g/mol. The molecule has 0 spiro atoms. The summed E-state index contributed by atoms with van der Waals surface area (Å²) in [7, 11) is 1.54. The molecule has 1 unspecified atom stereocenters. The van der Waals surface area contributed by atoms with Crippen molar-refractivity contribution in [3.63, 3.8) is 0 Å². The van der Waals surface area contributed by atoms with Gasteiger partial charge in [0.1, 0.15) is 0 Å². The lowest BCUT2D eigenvalue weighted by Crippen LogP contribution is -2.47. The molecule has 1 rings (SSSR count). The molecule has 88 valence electrons. The minimum absolute atomic E-state index is 0.431. The number of aromatic amines is 1. The topological polar surface area (TPSA) is 99.4 Å². The third kappa shape index (κ3) is 3.09. The van der Waals surface area contributed by atoms with Crippen LogP contribution in [0.1, 0.15) is 5.69 Å². The fourth-order valence-electron chi connectivity index (χ4n) is 1.26. The molecule has 0 aliphatic rings. The Balaban J connectivity index is 2.43. The minimum atomic E-state index is -1.48. The van der Waals surface area contributed by atoms with Crippen molar-refractivity contribution >= 4 is 11.9 Å². The summed E-state index contributed by atoms with van der Waals surface area (Å²) in [6, 6.07) is 2.28. The number of nitrogens with zero attached hydrogens (tertiary/aromatic N) is 1. The molecule has 0 aliphatic heterocycles. The highest BCUT2D eigenvalue weighted by Crippen LogP contribution is 1.98. The number of nitrogens with one attached hydrogen (secondary N) is 1. The molecule has 0 bridgehead atoms. The first-order chi connectivity index (χ1) is 7.52. The summed E-state index contributed by atoms with van der Waals surface area (Å²) in [6.45, 7) is 0.431. The van der Waals surface area contributed by atoms with Crippen molar-refractivity contribution in [3.05, 3.63) is 24.0 Å². The van der Waals surface area contributed by atoms with E-state index in [4.69, 9.17) is 10.8 Å². The molecule has 0 aliphatic carbocycles. The van der Waals surface area contributed by atoms with Gasteiger partial charge in [-0.15, -0.1) is 0 Å². The van der Waals surface area contributed by atoms with Gasteiger partial charge in [0, 0.05) is 31.9 Å². The molecule has 1 heterocycles. The summed E-state index contributed by atoms with van der Waals surface area (Å²) >= 11 is 0. The maximum absolute atomic E-state index is 11.5. The van der Waals surface area contributed by atoms with E-state index in [1.807, 2.05) is 12.1 Å². The zero-order valence-corrected chi connectivity index (χ0v) is 9.01. The maximum Gasteiger partial charge on any atom is 0.330 e. The molecule has 0 saturated carbocycles. The zero-order chi connectivity index (χ0) is 12.1. The lowest BCUT2D eigenvalue weighted by Gasteiger charge is -2.18. The number of aromatic nitrogens is 1. The van der Waals surface area contributed by atoms with Crippen molar-refractivity contribution in [2.75, 3.05) is 13.6 Å². The molecule has 1 atom stereocenters. The Labute approximate surface area is 93.0 Å². The van der Waals surface area contributed by atoms with E-state index in [9.17, 15) is 9.59 Å².